The van der Waals surface area contributed by atoms with Crippen LogP contribution in [0.15, 0.2) is 75.0 Å². The van der Waals surface area contributed by atoms with Gasteiger partial charge in [-0.2, -0.15) is 0 Å². The van der Waals surface area contributed by atoms with Gasteiger partial charge in [0, 0.05) is 9.50 Å². The van der Waals surface area contributed by atoms with E-state index in [1.807, 2.05) is 60.7 Å². The first-order valence-electron chi connectivity index (χ1n) is 10.6. The molecule has 0 radical (unpaired) electrons. The van der Waals surface area contributed by atoms with Gasteiger partial charge >= 0.3 is 0 Å². The van der Waals surface area contributed by atoms with Gasteiger partial charge in [-0.25, -0.2) is 4.99 Å². The van der Waals surface area contributed by atoms with Gasteiger partial charge < -0.3 is 14.8 Å². The molecule has 0 unspecified atom stereocenters. The fourth-order valence-electron chi connectivity index (χ4n) is 3.22. The van der Waals surface area contributed by atoms with E-state index in [1.54, 1.807) is 13.2 Å². The van der Waals surface area contributed by atoms with E-state index in [-0.39, 0.29) is 5.91 Å². The molecule has 174 valence electrons. The Morgan fingerprint density at radius 3 is 2.44 bits per heavy atom. The van der Waals surface area contributed by atoms with E-state index in [1.165, 1.54) is 17.3 Å². The number of nitrogens with zero attached hydrogens (tertiary/aromatic N) is 1. The number of halogens is 2. The lowest BCUT2D eigenvalue weighted by Crippen LogP contribution is -2.19. The van der Waals surface area contributed by atoms with Crippen molar-refractivity contribution in [2.24, 2.45) is 4.99 Å². The molecule has 0 aromatic heterocycles. The lowest BCUT2D eigenvalue weighted by atomic mass is 10.1. The summed E-state index contributed by atoms with van der Waals surface area (Å²) in [5.74, 6) is 0.966. The normalized spacial score (nSPS) is 15.6. The van der Waals surface area contributed by atoms with E-state index in [0.717, 1.165) is 27.7 Å². The second-order valence-corrected chi connectivity index (χ2v) is 9.76. The number of carbonyl (C=O) groups excluding carboxylic acids is 1. The Bertz CT molecular complexity index is 1260. The SMILES string of the molecule is CCc1ccc(N=C2NC(=O)/C(=C/c3cc(OC)c(OCc4ccc(Cl)cc4)cc3Br)S2)cc1. The maximum atomic E-state index is 12.5. The minimum atomic E-state index is -0.192. The van der Waals surface area contributed by atoms with E-state index in [0.29, 0.717) is 33.2 Å². The number of methoxy groups -OCH3 is 1. The average Bonchev–Trinajstić information content (AvgIpc) is 3.18. The molecule has 34 heavy (non-hydrogen) atoms. The van der Waals surface area contributed by atoms with Gasteiger partial charge in [0.15, 0.2) is 16.7 Å². The van der Waals surface area contributed by atoms with Crippen molar-refractivity contribution in [3.63, 3.8) is 0 Å². The van der Waals surface area contributed by atoms with Crippen molar-refractivity contribution in [3.05, 3.63) is 91.8 Å². The summed E-state index contributed by atoms with van der Waals surface area (Å²) >= 11 is 10.8. The lowest BCUT2D eigenvalue weighted by molar-refractivity contribution is -0.115. The van der Waals surface area contributed by atoms with E-state index in [9.17, 15) is 4.79 Å². The van der Waals surface area contributed by atoms with Crippen LogP contribution in [0.2, 0.25) is 5.02 Å². The van der Waals surface area contributed by atoms with Crippen LogP contribution in [0.4, 0.5) is 5.69 Å². The van der Waals surface area contributed by atoms with Crippen LogP contribution in [-0.4, -0.2) is 18.2 Å². The van der Waals surface area contributed by atoms with Gasteiger partial charge in [0.25, 0.3) is 5.91 Å². The number of amidine groups is 1. The Morgan fingerprint density at radius 2 is 1.76 bits per heavy atom. The van der Waals surface area contributed by atoms with Crippen LogP contribution in [-0.2, 0) is 17.8 Å². The first-order valence-corrected chi connectivity index (χ1v) is 12.6. The fraction of sp³-hybridized carbons (Fsp3) is 0.154. The molecule has 3 aromatic rings. The Kier molecular flexibility index (Phi) is 7.98. The minimum absolute atomic E-state index is 0.192. The van der Waals surface area contributed by atoms with Gasteiger partial charge in [-0.15, -0.1) is 0 Å². The molecule has 1 heterocycles. The number of hydrogen-bond acceptors (Lipinski definition) is 5. The van der Waals surface area contributed by atoms with E-state index < -0.39 is 0 Å². The third-order valence-corrected chi connectivity index (χ3v) is 6.95. The van der Waals surface area contributed by atoms with Crippen molar-refractivity contribution >= 4 is 62.1 Å². The molecule has 4 rings (SSSR count). The van der Waals surface area contributed by atoms with E-state index >= 15 is 0 Å². The maximum Gasteiger partial charge on any atom is 0.264 e. The summed E-state index contributed by atoms with van der Waals surface area (Å²) in [6.45, 7) is 2.48. The molecule has 1 N–H and O–H groups in total. The lowest BCUT2D eigenvalue weighted by Gasteiger charge is -2.13. The van der Waals surface area contributed by atoms with Gasteiger partial charge in [-0.05, 0) is 77.3 Å². The largest absolute Gasteiger partial charge is 0.493 e. The van der Waals surface area contributed by atoms with Crippen molar-refractivity contribution in [1.82, 2.24) is 5.32 Å². The molecule has 1 amide bonds. The summed E-state index contributed by atoms with van der Waals surface area (Å²) in [6.07, 6.45) is 2.77. The molecule has 0 saturated carbocycles. The molecule has 8 heteroatoms. The number of aliphatic imine (C=N–C) groups is 1. The Balaban J connectivity index is 1.51. The molecule has 0 bridgehead atoms. The van der Waals surface area contributed by atoms with Crippen LogP contribution in [0.1, 0.15) is 23.6 Å². The highest BCUT2D eigenvalue weighted by Crippen LogP contribution is 2.37. The number of amides is 1. The molecular weight excluding hydrogens is 536 g/mol. The number of aryl methyl sites for hydroxylation is 1. The number of thioether (sulfide) groups is 1. The summed E-state index contributed by atoms with van der Waals surface area (Å²) in [5, 5.41) is 4.05. The van der Waals surface area contributed by atoms with Crippen LogP contribution < -0.4 is 14.8 Å². The highest BCUT2D eigenvalue weighted by Gasteiger charge is 2.24. The van der Waals surface area contributed by atoms with Gasteiger partial charge in [0.1, 0.15) is 6.61 Å². The predicted octanol–water partition coefficient (Wildman–Crippen LogP) is 7.14. The Labute approximate surface area is 216 Å². The van der Waals surface area contributed by atoms with Crippen LogP contribution in [0.25, 0.3) is 6.08 Å². The van der Waals surface area contributed by atoms with Crippen LogP contribution in [0.5, 0.6) is 11.5 Å². The van der Waals surface area contributed by atoms with Crippen molar-refractivity contribution in [2.75, 3.05) is 7.11 Å². The van der Waals surface area contributed by atoms with E-state index in [2.05, 4.69) is 33.2 Å². The molecule has 1 aliphatic heterocycles. The van der Waals surface area contributed by atoms with Gasteiger partial charge in [0.2, 0.25) is 0 Å². The van der Waals surface area contributed by atoms with E-state index in [4.69, 9.17) is 21.1 Å². The first kappa shape index (κ1) is 24.4. The highest BCUT2D eigenvalue weighted by molar-refractivity contribution is 9.10. The summed E-state index contributed by atoms with van der Waals surface area (Å²) in [6, 6.07) is 19.1. The summed E-state index contributed by atoms with van der Waals surface area (Å²) < 4.78 is 12.3. The Hall–Kier alpha value is -2.74. The average molecular weight is 558 g/mol. The zero-order chi connectivity index (χ0) is 24.1. The third kappa shape index (κ3) is 6.03. The van der Waals surface area contributed by atoms with Crippen LogP contribution >= 0.6 is 39.3 Å². The first-order chi connectivity index (χ1) is 16.4. The van der Waals surface area contributed by atoms with Gasteiger partial charge in [0.05, 0.1) is 17.7 Å². The number of carbonyl (C=O) groups is 1. The molecule has 0 spiro atoms. The van der Waals surface area contributed by atoms with Crippen molar-refractivity contribution in [1.29, 1.82) is 0 Å². The Morgan fingerprint density at radius 1 is 1.06 bits per heavy atom. The highest BCUT2D eigenvalue weighted by atomic mass is 79.9. The van der Waals surface area contributed by atoms with Gasteiger partial charge in [-0.1, -0.05) is 58.7 Å². The number of benzene rings is 3. The predicted molar refractivity (Wildman–Crippen MR) is 143 cm³/mol. The zero-order valence-electron chi connectivity index (χ0n) is 18.6. The molecule has 5 nitrogen and oxygen atoms in total. The number of nitrogens with one attached hydrogen (secondary N) is 1. The second kappa shape index (κ2) is 11.1. The molecule has 1 fully saturated rings. The van der Waals surface area contributed by atoms with Gasteiger partial charge in [-0.3, -0.25) is 4.79 Å². The monoisotopic (exact) mass is 556 g/mol. The quantitative estimate of drug-likeness (QED) is 0.314. The number of rotatable bonds is 7. The minimum Gasteiger partial charge on any atom is -0.493 e. The zero-order valence-corrected chi connectivity index (χ0v) is 21.8. The van der Waals surface area contributed by atoms with Crippen LogP contribution in [0, 0.1) is 0 Å². The van der Waals surface area contributed by atoms with Crippen molar-refractivity contribution in [2.45, 2.75) is 20.0 Å². The molecular formula is C26H22BrClN2O3S. The second-order valence-electron chi connectivity index (χ2n) is 7.44. The number of hydrogen-bond donors (Lipinski definition) is 1. The van der Waals surface area contributed by atoms with Crippen molar-refractivity contribution < 1.29 is 14.3 Å². The number of ether oxygens (including phenoxy) is 2. The third-order valence-electron chi connectivity index (χ3n) is 5.10. The smallest absolute Gasteiger partial charge is 0.264 e. The molecule has 0 atom stereocenters. The summed E-state index contributed by atoms with van der Waals surface area (Å²) in [7, 11) is 1.58. The standard InChI is InChI=1S/C26H22BrClN2O3S/c1-3-16-6-10-20(11-7-16)29-26-30-25(31)24(34-26)13-18-12-22(32-2)23(14-21(18)27)33-15-17-4-8-19(28)9-5-17/h4-14H,3,15H2,1-2H3,(H,29,30,31)/b24-13-. The summed E-state index contributed by atoms with van der Waals surface area (Å²) in [4.78, 5) is 17.6. The summed E-state index contributed by atoms with van der Waals surface area (Å²) in [5.41, 5.74) is 3.82. The topological polar surface area (TPSA) is 59.9 Å². The van der Waals surface area contributed by atoms with Crippen molar-refractivity contribution in [3.8, 4) is 11.5 Å². The maximum absolute atomic E-state index is 12.5. The molecule has 3 aromatic carbocycles. The molecule has 1 saturated heterocycles. The molecule has 1 aliphatic rings. The van der Waals surface area contributed by atoms with Crippen LogP contribution in [0.3, 0.4) is 0 Å². The molecule has 0 aliphatic carbocycles. The fourth-order valence-corrected chi connectivity index (χ4v) is 4.62.